The second-order valence-corrected chi connectivity index (χ2v) is 4.48. The summed E-state index contributed by atoms with van der Waals surface area (Å²) in [5.74, 6) is -0.748. The van der Waals surface area contributed by atoms with Gasteiger partial charge in [0.25, 0.3) is 0 Å². The summed E-state index contributed by atoms with van der Waals surface area (Å²) in [6.07, 6.45) is 1.88. The summed E-state index contributed by atoms with van der Waals surface area (Å²) < 4.78 is 10.2. The fourth-order valence-corrected chi connectivity index (χ4v) is 2.06. The Bertz CT molecular complexity index is 699. The van der Waals surface area contributed by atoms with Crippen molar-refractivity contribution in [1.82, 2.24) is 9.97 Å². The fraction of sp³-hybridized carbons (Fsp3) is 0.214. The van der Waals surface area contributed by atoms with E-state index in [0.29, 0.717) is 12.0 Å². The molecule has 0 atom stereocenters. The Kier molecular flexibility index (Phi) is 6.62. The van der Waals surface area contributed by atoms with E-state index >= 15 is 0 Å². The molecule has 2 aromatic rings. The number of nitrogen functional groups attached to an aromatic ring is 2. The van der Waals surface area contributed by atoms with Crippen molar-refractivity contribution in [2.75, 3.05) is 25.7 Å². The number of aromatic nitrogens is 2. The summed E-state index contributed by atoms with van der Waals surface area (Å²) in [6, 6.07) is 3.15. The number of ether oxygens (including phenoxy) is 2. The van der Waals surface area contributed by atoms with Gasteiger partial charge in [-0.25, -0.2) is 4.98 Å². The Labute approximate surface area is 155 Å². The molecule has 1 aromatic carbocycles. The van der Waals surface area contributed by atoms with Gasteiger partial charge in [0.05, 0.1) is 25.8 Å². The molecule has 1 heterocycles. The summed E-state index contributed by atoms with van der Waals surface area (Å²) >= 11 is 0. The van der Waals surface area contributed by atoms with E-state index in [1.807, 2.05) is 0 Å². The maximum absolute atomic E-state index is 11.2. The first-order valence-electron chi connectivity index (χ1n) is 6.29. The van der Waals surface area contributed by atoms with Gasteiger partial charge in [0.15, 0.2) is 0 Å². The number of carbonyl (C=O) groups excluding carboxylic acids is 1. The number of nitrogens with two attached hydrogens (primary N) is 2. The summed E-state index contributed by atoms with van der Waals surface area (Å²) in [5.41, 5.74) is 12.5. The van der Waals surface area contributed by atoms with Crippen LogP contribution in [0.2, 0.25) is 0 Å². The molecule has 116 valence electrons. The predicted molar refractivity (Wildman–Crippen MR) is 77.5 cm³/mol. The Morgan fingerprint density at radius 2 is 1.78 bits per heavy atom. The van der Waals surface area contributed by atoms with E-state index in [4.69, 9.17) is 20.9 Å². The van der Waals surface area contributed by atoms with Crippen LogP contribution in [0.3, 0.4) is 0 Å². The SMILES string of the molecule is COc1cc(Cc2cnc(N)nc2N)cc(OC)c1C(=O)[O-].[Na+]. The molecule has 0 fully saturated rings. The van der Waals surface area contributed by atoms with Gasteiger partial charge in [0.2, 0.25) is 5.95 Å². The van der Waals surface area contributed by atoms with Crippen molar-refractivity contribution in [3.05, 3.63) is 35.0 Å². The van der Waals surface area contributed by atoms with Crippen molar-refractivity contribution in [3.8, 4) is 11.5 Å². The molecule has 8 nitrogen and oxygen atoms in total. The van der Waals surface area contributed by atoms with Crippen LogP contribution in [-0.4, -0.2) is 30.2 Å². The summed E-state index contributed by atoms with van der Waals surface area (Å²) in [7, 11) is 2.73. The standard InChI is InChI=1S/C14H16N4O4.Na/c1-21-9-4-7(5-10(22-2)11(9)13(19)20)3-8-6-17-14(16)18-12(8)15;/h4-6H,3H2,1-2H3,(H,19,20)(H4,15,16,17,18);/q;+1/p-1. The van der Waals surface area contributed by atoms with Gasteiger partial charge in [-0.2, -0.15) is 4.98 Å². The van der Waals surface area contributed by atoms with Crippen molar-refractivity contribution < 1.29 is 48.9 Å². The maximum atomic E-state index is 11.2. The monoisotopic (exact) mass is 326 g/mol. The van der Waals surface area contributed by atoms with Crippen molar-refractivity contribution in [2.24, 2.45) is 0 Å². The minimum absolute atomic E-state index is 0. The van der Waals surface area contributed by atoms with E-state index in [2.05, 4.69) is 9.97 Å². The van der Waals surface area contributed by atoms with E-state index in [9.17, 15) is 9.90 Å². The molecule has 2 rings (SSSR count). The molecule has 0 spiro atoms. The molecule has 0 unspecified atom stereocenters. The molecule has 0 bridgehead atoms. The Morgan fingerprint density at radius 1 is 1.22 bits per heavy atom. The van der Waals surface area contributed by atoms with Gasteiger partial charge in [-0.15, -0.1) is 0 Å². The molecule has 0 saturated heterocycles. The first kappa shape index (κ1) is 19.0. The molecule has 9 heteroatoms. The third-order valence-electron chi connectivity index (χ3n) is 3.08. The van der Waals surface area contributed by atoms with Crippen LogP contribution in [-0.2, 0) is 6.42 Å². The van der Waals surface area contributed by atoms with Gasteiger partial charge in [-0.3, -0.25) is 0 Å². The zero-order valence-corrected chi connectivity index (χ0v) is 15.1. The zero-order valence-electron chi connectivity index (χ0n) is 13.1. The number of hydrogen-bond acceptors (Lipinski definition) is 8. The van der Waals surface area contributed by atoms with Crippen LogP contribution >= 0.6 is 0 Å². The molecule has 0 radical (unpaired) electrons. The fourth-order valence-electron chi connectivity index (χ4n) is 2.06. The molecule has 0 aliphatic rings. The molecule has 4 N–H and O–H groups in total. The van der Waals surface area contributed by atoms with Crippen molar-refractivity contribution in [2.45, 2.75) is 6.42 Å². The van der Waals surface area contributed by atoms with Crippen molar-refractivity contribution in [1.29, 1.82) is 0 Å². The van der Waals surface area contributed by atoms with Crippen LogP contribution in [0.4, 0.5) is 11.8 Å². The van der Waals surface area contributed by atoms with Gasteiger partial charge < -0.3 is 30.8 Å². The smallest absolute Gasteiger partial charge is 0.545 e. The number of carbonyl (C=O) groups is 1. The Hall–Kier alpha value is -2.03. The number of anilines is 2. The third kappa shape index (κ3) is 4.25. The van der Waals surface area contributed by atoms with E-state index < -0.39 is 5.97 Å². The summed E-state index contributed by atoms with van der Waals surface area (Å²) in [5, 5.41) is 11.2. The number of methoxy groups -OCH3 is 2. The van der Waals surface area contributed by atoms with Crippen LogP contribution in [0.5, 0.6) is 11.5 Å². The van der Waals surface area contributed by atoms with E-state index in [-0.39, 0.29) is 58.4 Å². The first-order chi connectivity index (χ1) is 10.5. The second kappa shape index (κ2) is 8.00. The molecular formula is C14H15N4NaO4. The van der Waals surface area contributed by atoms with Gasteiger partial charge in [-0.1, -0.05) is 0 Å². The minimum atomic E-state index is -1.38. The number of hydrogen-bond donors (Lipinski definition) is 2. The van der Waals surface area contributed by atoms with Crippen LogP contribution in [0.25, 0.3) is 0 Å². The quantitative estimate of drug-likeness (QED) is 0.543. The van der Waals surface area contributed by atoms with E-state index in [1.54, 1.807) is 12.1 Å². The summed E-state index contributed by atoms with van der Waals surface area (Å²) in [6.45, 7) is 0. The molecule has 23 heavy (non-hydrogen) atoms. The number of benzene rings is 1. The molecule has 0 saturated carbocycles. The number of carboxylic acid groups (broad SMARTS) is 1. The molecular weight excluding hydrogens is 311 g/mol. The number of aromatic carboxylic acids is 1. The van der Waals surface area contributed by atoms with Crippen LogP contribution in [0.15, 0.2) is 18.3 Å². The van der Waals surface area contributed by atoms with Crippen LogP contribution in [0.1, 0.15) is 21.5 Å². The minimum Gasteiger partial charge on any atom is -0.545 e. The molecule has 1 aromatic heterocycles. The third-order valence-corrected chi connectivity index (χ3v) is 3.08. The van der Waals surface area contributed by atoms with Gasteiger partial charge in [0, 0.05) is 18.2 Å². The Morgan fingerprint density at radius 3 is 2.22 bits per heavy atom. The molecule has 0 aliphatic heterocycles. The second-order valence-electron chi connectivity index (χ2n) is 4.48. The average molecular weight is 326 g/mol. The number of nitrogens with zero attached hydrogens (tertiary/aromatic N) is 2. The van der Waals surface area contributed by atoms with E-state index in [1.165, 1.54) is 20.4 Å². The van der Waals surface area contributed by atoms with Gasteiger partial charge >= 0.3 is 29.6 Å². The van der Waals surface area contributed by atoms with Crippen LogP contribution < -0.4 is 55.6 Å². The van der Waals surface area contributed by atoms with Crippen LogP contribution in [0, 0.1) is 0 Å². The maximum Gasteiger partial charge on any atom is 1.00 e. The average Bonchev–Trinajstić information content (AvgIpc) is 2.48. The number of rotatable bonds is 5. The van der Waals surface area contributed by atoms with Crippen molar-refractivity contribution in [3.63, 3.8) is 0 Å². The van der Waals surface area contributed by atoms with Gasteiger partial charge in [0.1, 0.15) is 17.3 Å². The first-order valence-corrected chi connectivity index (χ1v) is 6.29. The Balaban J connectivity index is 0.00000264. The van der Waals surface area contributed by atoms with E-state index in [0.717, 1.165) is 5.56 Å². The molecule has 0 aliphatic carbocycles. The normalized spacial score (nSPS) is 9.83. The van der Waals surface area contributed by atoms with Gasteiger partial charge in [-0.05, 0) is 17.7 Å². The largest absolute Gasteiger partial charge is 1.00 e. The summed E-state index contributed by atoms with van der Waals surface area (Å²) in [4.78, 5) is 19.0. The van der Waals surface area contributed by atoms with Crippen molar-refractivity contribution >= 4 is 17.7 Å². The number of carboxylic acids is 1. The predicted octanol–water partition coefficient (Wildman–Crippen LogP) is -3.38. The zero-order chi connectivity index (χ0) is 16.3. The molecule has 0 amide bonds. The topological polar surface area (TPSA) is 136 Å².